The molecule has 2 aromatic rings. The van der Waals surface area contributed by atoms with Gasteiger partial charge in [0.2, 0.25) is 11.8 Å². The number of hydrogen-bond acceptors (Lipinski definition) is 7. The van der Waals surface area contributed by atoms with Gasteiger partial charge in [0.05, 0.1) is 20.6 Å². The summed E-state index contributed by atoms with van der Waals surface area (Å²) < 4.78 is 10.1. The predicted octanol–water partition coefficient (Wildman–Crippen LogP) is 3.75. The molecule has 188 valence electrons. The van der Waals surface area contributed by atoms with Crippen LogP contribution in [0.15, 0.2) is 30.5 Å². The second-order valence-corrected chi connectivity index (χ2v) is 9.43. The van der Waals surface area contributed by atoms with Crippen molar-refractivity contribution in [3.63, 3.8) is 0 Å². The number of aryl methyl sites for hydroxylation is 2. The second-order valence-electron chi connectivity index (χ2n) is 9.43. The van der Waals surface area contributed by atoms with Gasteiger partial charge in [-0.05, 0) is 67.6 Å². The molecule has 35 heavy (non-hydrogen) atoms. The fourth-order valence-corrected chi connectivity index (χ4v) is 5.19. The van der Waals surface area contributed by atoms with Crippen molar-refractivity contribution in [1.29, 1.82) is 0 Å². The number of nitrogens with zero attached hydrogens (tertiary/aromatic N) is 3. The van der Waals surface area contributed by atoms with Crippen LogP contribution in [-0.2, 0) is 27.2 Å². The SMILES string of the molecule is COC(=O)CC(c1ccc(OC)nc1)C1CCN(C(=O)CCCc2ccc3c(n2)NCCC3)CC1. The van der Waals surface area contributed by atoms with Gasteiger partial charge in [0, 0.05) is 44.0 Å². The summed E-state index contributed by atoms with van der Waals surface area (Å²) in [5.41, 5.74) is 3.34. The number of methoxy groups -OCH3 is 2. The minimum Gasteiger partial charge on any atom is -0.481 e. The first-order valence-electron chi connectivity index (χ1n) is 12.6. The van der Waals surface area contributed by atoms with Crippen molar-refractivity contribution in [3.8, 4) is 5.88 Å². The van der Waals surface area contributed by atoms with E-state index < -0.39 is 0 Å². The lowest BCUT2D eigenvalue weighted by atomic mass is 9.78. The van der Waals surface area contributed by atoms with Crippen LogP contribution in [0.5, 0.6) is 5.88 Å². The van der Waals surface area contributed by atoms with Gasteiger partial charge in [-0.1, -0.05) is 12.1 Å². The summed E-state index contributed by atoms with van der Waals surface area (Å²) in [5.74, 6) is 1.84. The molecule has 1 saturated heterocycles. The number of nitrogens with one attached hydrogen (secondary N) is 1. The molecule has 8 heteroatoms. The van der Waals surface area contributed by atoms with E-state index in [-0.39, 0.29) is 17.8 Å². The van der Waals surface area contributed by atoms with Crippen molar-refractivity contribution >= 4 is 17.7 Å². The fourth-order valence-electron chi connectivity index (χ4n) is 5.19. The average Bonchev–Trinajstić information content (AvgIpc) is 2.91. The van der Waals surface area contributed by atoms with Crippen molar-refractivity contribution in [1.82, 2.24) is 14.9 Å². The Morgan fingerprint density at radius 2 is 2.00 bits per heavy atom. The zero-order valence-corrected chi connectivity index (χ0v) is 20.8. The first-order chi connectivity index (χ1) is 17.1. The Balaban J connectivity index is 1.28. The van der Waals surface area contributed by atoms with E-state index in [1.807, 2.05) is 17.0 Å². The molecule has 1 fully saturated rings. The van der Waals surface area contributed by atoms with Crippen molar-refractivity contribution in [2.24, 2.45) is 5.92 Å². The lowest BCUT2D eigenvalue weighted by molar-refractivity contribution is -0.142. The number of piperidine rings is 1. The van der Waals surface area contributed by atoms with Crippen molar-refractivity contribution in [2.45, 2.75) is 57.3 Å². The number of ether oxygens (including phenoxy) is 2. The maximum absolute atomic E-state index is 12.9. The standard InChI is InChI=1S/C27H36N4O4/c1-34-24-11-9-21(18-29-24)23(17-26(33)35-2)19-12-15-31(16-13-19)25(32)7-3-6-22-10-8-20-5-4-14-28-27(20)30-22/h8-11,18-19,23H,3-7,12-17H2,1-2H3,(H,28,30). The van der Waals surface area contributed by atoms with Crippen molar-refractivity contribution in [2.75, 3.05) is 39.2 Å². The summed E-state index contributed by atoms with van der Waals surface area (Å²) >= 11 is 0. The molecule has 1 amide bonds. The largest absolute Gasteiger partial charge is 0.481 e. The first kappa shape index (κ1) is 24.9. The Morgan fingerprint density at radius 1 is 1.17 bits per heavy atom. The smallest absolute Gasteiger partial charge is 0.306 e. The molecule has 2 aromatic heterocycles. The summed E-state index contributed by atoms with van der Waals surface area (Å²) in [5, 5.41) is 3.37. The molecule has 0 aromatic carbocycles. The summed E-state index contributed by atoms with van der Waals surface area (Å²) in [6, 6.07) is 8.06. The van der Waals surface area contributed by atoms with E-state index in [9.17, 15) is 9.59 Å². The lowest BCUT2D eigenvalue weighted by Crippen LogP contribution is -2.40. The number of anilines is 1. The van der Waals surface area contributed by atoms with Gasteiger partial charge >= 0.3 is 5.97 Å². The van der Waals surface area contributed by atoms with Crippen LogP contribution in [0.3, 0.4) is 0 Å². The molecule has 4 rings (SSSR count). The molecule has 1 atom stereocenters. The van der Waals surface area contributed by atoms with Gasteiger partial charge in [0.1, 0.15) is 5.82 Å². The predicted molar refractivity (Wildman–Crippen MR) is 133 cm³/mol. The number of aromatic nitrogens is 2. The molecular weight excluding hydrogens is 444 g/mol. The normalized spacial score (nSPS) is 16.7. The minimum atomic E-state index is -0.227. The molecule has 2 aliphatic rings. The number of rotatable bonds is 9. The molecule has 0 saturated carbocycles. The second kappa shape index (κ2) is 12.0. The van der Waals surface area contributed by atoms with Crippen LogP contribution in [0, 0.1) is 5.92 Å². The zero-order valence-electron chi connectivity index (χ0n) is 20.8. The van der Waals surface area contributed by atoms with Gasteiger partial charge in [0.25, 0.3) is 0 Å². The van der Waals surface area contributed by atoms with E-state index in [0.29, 0.717) is 37.7 Å². The summed E-state index contributed by atoms with van der Waals surface area (Å²) in [6.45, 7) is 2.41. The van der Waals surface area contributed by atoms with E-state index in [0.717, 1.165) is 62.1 Å². The molecule has 8 nitrogen and oxygen atoms in total. The molecular formula is C27H36N4O4. The van der Waals surface area contributed by atoms with Gasteiger partial charge in [-0.2, -0.15) is 0 Å². The molecule has 1 unspecified atom stereocenters. The molecule has 2 aliphatic heterocycles. The maximum atomic E-state index is 12.9. The summed E-state index contributed by atoms with van der Waals surface area (Å²) in [6.07, 6.45) is 8.19. The van der Waals surface area contributed by atoms with E-state index >= 15 is 0 Å². The number of carbonyl (C=O) groups is 2. The molecule has 1 N–H and O–H groups in total. The molecule has 0 aliphatic carbocycles. The Hall–Kier alpha value is -3.16. The Morgan fingerprint density at radius 3 is 2.71 bits per heavy atom. The van der Waals surface area contributed by atoms with Crippen LogP contribution in [-0.4, -0.2) is 60.6 Å². The number of hydrogen-bond donors (Lipinski definition) is 1. The summed E-state index contributed by atoms with van der Waals surface area (Å²) in [4.78, 5) is 36.0. The first-order valence-corrected chi connectivity index (χ1v) is 12.6. The van der Waals surface area contributed by atoms with Gasteiger partial charge in [-0.3, -0.25) is 9.59 Å². The highest BCUT2D eigenvalue weighted by atomic mass is 16.5. The Kier molecular flexibility index (Phi) is 8.55. The fraction of sp³-hybridized carbons (Fsp3) is 0.556. The third-order valence-electron chi connectivity index (χ3n) is 7.25. The van der Waals surface area contributed by atoms with Crippen molar-refractivity contribution < 1.29 is 19.1 Å². The third kappa shape index (κ3) is 6.50. The van der Waals surface area contributed by atoms with E-state index in [1.54, 1.807) is 13.3 Å². The lowest BCUT2D eigenvalue weighted by Gasteiger charge is -2.36. The highest BCUT2D eigenvalue weighted by Gasteiger charge is 2.31. The number of amides is 1. The quantitative estimate of drug-likeness (QED) is 0.546. The van der Waals surface area contributed by atoms with Gasteiger partial charge in [-0.25, -0.2) is 9.97 Å². The van der Waals surface area contributed by atoms with Crippen LogP contribution in [0.4, 0.5) is 5.82 Å². The number of likely N-dealkylation sites (tertiary alicyclic amines) is 1. The topological polar surface area (TPSA) is 93.7 Å². The van der Waals surface area contributed by atoms with Crippen LogP contribution in [0.1, 0.15) is 61.3 Å². The van der Waals surface area contributed by atoms with Gasteiger partial charge in [0.15, 0.2) is 0 Å². The Bertz CT molecular complexity index is 1000. The number of fused-ring (bicyclic) bond motifs is 1. The Labute approximate surface area is 207 Å². The number of pyridine rings is 2. The van der Waals surface area contributed by atoms with Gasteiger partial charge in [-0.15, -0.1) is 0 Å². The van der Waals surface area contributed by atoms with Crippen LogP contribution in [0.25, 0.3) is 0 Å². The number of carbonyl (C=O) groups excluding carboxylic acids is 2. The molecule has 0 radical (unpaired) electrons. The third-order valence-corrected chi connectivity index (χ3v) is 7.25. The van der Waals surface area contributed by atoms with E-state index in [4.69, 9.17) is 14.5 Å². The van der Waals surface area contributed by atoms with Gasteiger partial charge < -0.3 is 19.7 Å². The minimum absolute atomic E-state index is 0.0156. The maximum Gasteiger partial charge on any atom is 0.306 e. The molecule has 0 bridgehead atoms. The zero-order chi connectivity index (χ0) is 24.6. The van der Waals surface area contributed by atoms with Crippen molar-refractivity contribution in [3.05, 3.63) is 47.3 Å². The molecule has 0 spiro atoms. The molecule has 4 heterocycles. The van der Waals surface area contributed by atoms with E-state index in [2.05, 4.69) is 22.4 Å². The monoisotopic (exact) mass is 480 g/mol. The van der Waals surface area contributed by atoms with E-state index in [1.165, 1.54) is 12.7 Å². The van der Waals surface area contributed by atoms with Crippen LogP contribution >= 0.6 is 0 Å². The van der Waals surface area contributed by atoms with Crippen LogP contribution in [0.2, 0.25) is 0 Å². The highest BCUT2D eigenvalue weighted by molar-refractivity contribution is 5.76. The summed E-state index contributed by atoms with van der Waals surface area (Å²) in [7, 11) is 3.00. The van der Waals surface area contributed by atoms with Crippen LogP contribution < -0.4 is 10.1 Å². The highest BCUT2D eigenvalue weighted by Crippen LogP contribution is 2.36. The average molecular weight is 481 g/mol. The number of esters is 1.